The van der Waals surface area contributed by atoms with Gasteiger partial charge in [0.15, 0.2) is 0 Å². The van der Waals surface area contributed by atoms with Gasteiger partial charge in [-0.15, -0.1) is 0 Å². The predicted octanol–water partition coefficient (Wildman–Crippen LogP) is 2.01. The molecule has 2 amide bonds. The van der Waals surface area contributed by atoms with Crippen LogP contribution in [0.3, 0.4) is 0 Å². The number of nitrogens with zero attached hydrogens (tertiary/aromatic N) is 1. The molecular weight excluding hydrogens is 304 g/mol. The van der Waals surface area contributed by atoms with Gasteiger partial charge in [0, 0.05) is 22.4 Å². The van der Waals surface area contributed by atoms with Crippen LogP contribution in [0, 0.1) is 11.8 Å². The van der Waals surface area contributed by atoms with Crippen LogP contribution in [0.5, 0.6) is 0 Å². The zero-order valence-corrected chi connectivity index (χ0v) is 11.3. The minimum atomic E-state index is -3.13. The van der Waals surface area contributed by atoms with Crippen molar-refractivity contribution in [3.63, 3.8) is 0 Å². The molecule has 2 atom stereocenters. The number of hydrazone groups is 1. The number of nitrogens with one attached hydrogen (secondary N) is 2. The maximum Gasteiger partial charge on any atom is 0.315 e. The van der Waals surface area contributed by atoms with Gasteiger partial charge in [0.05, 0.1) is 11.4 Å². The summed E-state index contributed by atoms with van der Waals surface area (Å²) in [6, 6.07) is 4.55. The van der Waals surface area contributed by atoms with E-state index in [1.165, 1.54) is 6.07 Å². The molecule has 0 spiro atoms. The third-order valence-corrected chi connectivity index (χ3v) is 3.71. The highest BCUT2D eigenvalue weighted by Gasteiger charge is 2.49. The summed E-state index contributed by atoms with van der Waals surface area (Å²) in [4.78, 5) is 22.6. The maximum absolute atomic E-state index is 12.4. The highest BCUT2D eigenvalue weighted by molar-refractivity contribution is 6.31. The van der Waals surface area contributed by atoms with Crippen LogP contribution < -0.4 is 10.7 Å². The number of hydrogen-bond acceptors (Lipinski definition) is 3. The van der Waals surface area contributed by atoms with Crippen molar-refractivity contribution >= 4 is 34.8 Å². The third-order valence-electron chi connectivity index (χ3n) is 3.48. The molecule has 2 unspecified atom stereocenters. The van der Waals surface area contributed by atoms with Crippen molar-refractivity contribution in [1.82, 2.24) is 5.43 Å². The standard InChI is InChI=1S/C13H10ClF2N3O2/c14-5-1-2-6(9(3-5)17-13(21)11(15)16)10-7-4-8(7)12(20)19-18-10/h1-3,7-8,11H,4H2,(H,17,21)(H,19,20). The van der Waals surface area contributed by atoms with E-state index in [-0.39, 0.29) is 23.4 Å². The zero-order chi connectivity index (χ0) is 15.1. The Bertz CT molecular complexity index is 663. The monoisotopic (exact) mass is 313 g/mol. The first-order valence-corrected chi connectivity index (χ1v) is 6.61. The largest absolute Gasteiger partial charge is 0.320 e. The van der Waals surface area contributed by atoms with E-state index in [1.54, 1.807) is 12.1 Å². The Kier molecular flexibility index (Phi) is 3.36. The quantitative estimate of drug-likeness (QED) is 0.896. The van der Waals surface area contributed by atoms with Crippen molar-refractivity contribution in [1.29, 1.82) is 0 Å². The Morgan fingerprint density at radius 3 is 2.90 bits per heavy atom. The van der Waals surface area contributed by atoms with E-state index < -0.39 is 12.3 Å². The number of carbonyl (C=O) groups excluding carboxylic acids is 2. The van der Waals surface area contributed by atoms with Crippen LogP contribution in [-0.4, -0.2) is 24.0 Å². The minimum Gasteiger partial charge on any atom is -0.320 e. The lowest BCUT2D eigenvalue weighted by Crippen LogP contribution is -2.29. The highest BCUT2D eigenvalue weighted by Crippen LogP contribution is 2.44. The van der Waals surface area contributed by atoms with Crippen LogP contribution in [0.2, 0.25) is 5.02 Å². The molecule has 1 heterocycles. The molecule has 0 saturated heterocycles. The fourth-order valence-electron chi connectivity index (χ4n) is 2.36. The summed E-state index contributed by atoms with van der Waals surface area (Å²) in [6.45, 7) is 0. The van der Waals surface area contributed by atoms with Gasteiger partial charge >= 0.3 is 6.43 Å². The molecule has 1 aromatic rings. The normalized spacial score (nSPS) is 23.2. The summed E-state index contributed by atoms with van der Waals surface area (Å²) in [5.41, 5.74) is 3.61. The van der Waals surface area contributed by atoms with Gasteiger partial charge in [-0.05, 0) is 24.6 Å². The van der Waals surface area contributed by atoms with Gasteiger partial charge in [0.1, 0.15) is 0 Å². The van der Waals surface area contributed by atoms with Crippen molar-refractivity contribution in [2.24, 2.45) is 16.9 Å². The van der Waals surface area contributed by atoms with Gasteiger partial charge in [-0.1, -0.05) is 11.6 Å². The van der Waals surface area contributed by atoms with Crippen LogP contribution >= 0.6 is 11.6 Å². The number of fused-ring (bicyclic) bond motifs is 1. The molecule has 1 aliphatic heterocycles. The average molecular weight is 314 g/mol. The molecule has 0 radical (unpaired) electrons. The molecule has 5 nitrogen and oxygen atoms in total. The molecule has 21 heavy (non-hydrogen) atoms. The predicted molar refractivity (Wildman–Crippen MR) is 72.4 cm³/mol. The maximum atomic E-state index is 12.4. The number of rotatable bonds is 3. The SMILES string of the molecule is O=C(Nc1cc(Cl)ccc1C1=NNC(=O)C2CC12)C(F)F. The Morgan fingerprint density at radius 1 is 1.43 bits per heavy atom. The highest BCUT2D eigenvalue weighted by atomic mass is 35.5. The van der Waals surface area contributed by atoms with E-state index in [9.17, 15) is 18.4 Å². The first kappa shape index (κ1) is 13.9. The first-order valence-electron chi connectivity index (χ1n) is 6.23. The van der Waals surface area contributed by atoms with Crippen LogP contribution in [-0.2, 0) is 9.59 Å². The summed E-state index contributed by atoms with van der Waals surface area (Å²) < 4.78 is 24.8. The number of alkyl halides is 2. The molecule has 0 aromatic heterocycles. The van der Waals surface area contributed by atoms with Crippen molar-refractivity contribution in [2.45, 2.75) is 12.8 Å². The van der Waals surface area contributed by atoms with E-state index in [0.717, 1.165) is 0 Å². The lowest BCUT2D eigenvalue weighted by Gasteiger charge is -2.16. The third kappa shape index (κ3) is 2.61. The number of anilines is 1. The molecule has 3 rings (SSSR count). The molecule has 2 aliphatic rings. The van der Waals surface area contributed by atoms with Crippen LogP contribution in [0.25, 0.3) is 0 Å². The molecule has 1 aromatic carbocycles. The summed E-state index contributed by atoms with van der Waals surface area (Å²) >= 11 is 5.84. The number of amides is 2. The Balaban J connectivity index is 1.95. The van der Waals surface area contributed by atoms with Crippen molar-refractivity contribution in [3.8, 4) is 0 Å². The average Bonchev–Trinajstić information content (AvgIpc) is 3.21. The number of carbonyl (C=O) groups is 2. The zero-order valence-electron chi connectivity index (χ0n) is 10.6. The minimum absolute atomic E-state index is 0.0397. The van der Waals surface area contributed by atoms with E-state index in [1.807, 2.05) is 0 Å². The van der Waals surface area contributed by atoms with E-state index in [0.29, 0.717) is 22.7 Å². The Hall–Kier alpha value is -2.02. The van der Waals surface area contributed by atoms with Gasteiger partial charge in [-0.2, -0.15) is 13.9 Å². The van der Waals surface area contributed by atoms with Gasteiger partial charge in [-0.25, -0.2) is 5.43 Å². The Morgan fingerprint density at radius 2 is 2.19 bits per heavy atom. The van der Waals surface area contributed by atoms with E-state index in [4.69, 9.17) is 11.6 Å². The molecule has 0 bridgehead atoms. The topological polar surface area (TPSA) is 70.6 Å². The Labute approximate surface area is 123 Å². The molecular formula is C13H10ClF2N3O2. The van der Waals surface area contributed by atoms with E-state index in [2.05, 4.69) is 15.8 Å². The van der Waals surface area contributed by atoms with Crippen LogP contribution in [0.4, 0.5) is 14.5 Å². The van der Waals surface area contributed by atoms with Crippen molar-refractivity contribution in [2.75, 3.05) is 5.32 Å². The number of halogens is 3. The van der Waals surface area contributed by atoms with Crippen molar-refractivity contribution in [3.05, 3.63) is 28.8 Å². The lowest BCUT2D eigenvalue weighted by molar-refractivity contribution is -0.126. The summed E-state index contributed by atoms with van der Waals surface area (Å²) in [6.07, 6.45) is -2.46. The van der Waals surface area contributed by atoms with Gasteiger partial charge in [-0.3, -0.25) is 9.59 Å². The lowest BCUT2D eigenvalue weighted by atomic mass is 10.0. The molecule has 1 fully saturated rings. The fraction of sp³-hybridized carbons (Fsp3) is 0.308. The van der Waals surface area contributed by atoms with Gasteiger partial charge in [0.2, 0.25) is 5.91 Å². The summed E-state index contributed by atoms with van der Waals surface area (Å²) in [7, 11) is 0. The van der Waals surface area contributed by atoms with Gasteiger partial charge < -0.3 is 5.32 Å². The molecule has 110 valence electrons. The molecule has 1 aliphatic carbocycles. The molecule has 1 saturated carbocycles. The fourth-order valence-corrected chi connectivity index (χ4v) is 2.53. The van der Waals surface area contributed by atoms with Gasteiger partial charge in [0.25, 0.3) is 5.91 Å². The van der Waals surface area contributed by atoms with Crippen molar-refractivity contribution < 1.29 is 18.4 Å². The van der Waals surface area contributed by atoms with Crippen LogP contribution in [0.15, 0.2) is 23.3 Å². The second kappa shape index (κ2) is 5.07. The van der Waals surface area contributed by atoms with E-state index >= 15 is 0 Å². The number of benzene rings is 1. The smallest absolute Gasteiger partial charge is 0.315 e. The number of hydrogen-bond donors (Lipinski definition) is 2. The second-order valence-electron chi connectivity index (χ2n) is 4.90. The summed E-state index contributed by atoms with van der Waals surface area (Å²) in [5, 5.41) is 6.41. The molecule has 2 N–H and O–H groups in total. The molecule has 8 heteroatoms. The summed E-state index contributed by atoms with van der Waals surface area (Å²) in [5.74, 6) is -1.73. The van der Waals surface area contributed by atoms with Crippen LogP contribution in [0.1, 0.15) is 12.0 Å². The first-order chi connectivity index (χ1) is 9.97. The second-order valence-corrected chi connectivity index (χ2v) is 5.34.